The Kier molecular flexibility index (Phi) is 5.31. The second kappa shape index (κ2) is 7.59. The topological polar surface area (TPSA) is 94.0 Å². The second-order valence-corrected chi connectivity index (χ2v) is 9.73. The van der Waals surface area contributed by atoms with Crippen molar-refractivity contribution in [3.05, 3.63) is 23.5 Å². The smallest absolute Gasteiger partial charge is 0.158 e. The zero-order valence-corrected chi connectivity index (χ0v) is 17.9. The van der Waals surface area contributed by atoms with Crippen molar-refractivity contribution in [2.45, 2.75) is 49.5 Å². The van der Waals surface area contributed by atoms with E-state index in [0.29, 0.717) is 27.1 Å². The molecule has 6 nitrogen and oxygen atoms in total. The Morgan fingerprint density at radius 2 is 1.93 bits per heavy atom. The molecule has 2 atom stereocenters. The van der Waals surface area contributed by atoms with E-state index < -0.39 is 0 Å². The number of nitrogens with two attached hydrogens (primary N) is 2. The maximum absolute atomic E-state index is 6.22. The summed E-state index contributed by atoms with van der Waals surface area (Å²) in [5.74, 6) is 3.24. The van der Waals surface area contributed by atoms with E-state index in [0.717, 1.165) is 35.6 Å². The molecule has 1 aliphatic heterocycles. The van der Waals surface area contributed by atoms with E-state index in [1.54, 1.807) is 12.3 Å². The molecule has 150 valence electrons. The Balaban J connectivity index is 1.46. The Morgan fingerprint density at radius 1 is 1.18 bits per heavy atom. The van der Waals surface area contributed by atoms with Crippen molar-refractivity contribution in [2.75, 3.05) is 29.5 Å². The van der Waals surface area contributed by atoms with Gasteiger partial charge >= 0.3 is 0 Å². The monoisotopic (exact) mass is 418 g/mol. The summed E-state index contributed by atoms with van der Waals surface area (Å²) in [6, 6.07) is 1.80. The van der Waals surface area contributed by atoms with Gasteiger partial charge in [-0.3, -0.25) is 0 Å². The summed E-state index contributed by atoms with van der Waals surface area (Å²) in [6.07, 6.45) is 8.61. The molecule has 0 radical (unpaired) electrons. The highest BCUT2D eigenvalue weighted by Crippen LogP contribution is 2.52. The van der Waals surface area contributed by atoms with Gasteiger partial charge in [0.15, 0.2) is 5.82 Å². The van der Waals surface area contributed by atoms with Gasteiger partial charge in [0.25, 0.3) is 0 Å². The third kappa shape index (κ3) is 3.62. The van der Waals surface area contributed by atoms with Gasteiger partial charge in [-0.05, 0) is 49.0 Å². The van der Waals surface area contributed by atoms with Crippen molar-refractivity contribution in [3.63, 3.8) is 0 Å². The first-order valence-corrected chi connectivity index (χ1v) is 11.0. The average molecular weight is 419 g/mol. The molecular weight excluding hydrogens is 392 g/mol. The summed E-state index contributed by atoms with van der Waals surface area (Å²) >= 11 is 7.58. The summed E-state index contributed by atoms with van der Waals surface area (Å²) in [4.78, 5) is 16.2. The zero-order valence-electron chi connectivity index (χ0n) is 16.4. The van der Waals surface area contributed by atoms with E-state index in [1.807, 2.05) is 6.20 Å². The molecule has 0 amide bonds. The van der Waals surface area contributed by atoms with E-state index in [4.69, 9.17) is 23.1 Å². The summed E-state index contributed by atoms with van der Waals surface area (Å²) in [6.45, 7) is 6.86. The Morgan fingerprint density at radius 3 is 2.57 bits per heavy atom. The van der Waals surface area contributed by atoms with Crippen molar-refractivity contribution in [3.8, 4) is 0 Å². The van der Waals surface area contributed by atoms with Crippen molar-refractivity contribution in [1.29, 1.82) is 0 Å². The van der Waals surface area contributed by atoms with Crippen LogP contribution in [0.5, 0.6) is 0 Å². The van der Waals surface area contributed by atoms with E-state index in [2.05, 4.69) is 33.7 Å². The Hall–Kier alpha value is -1.73. The predicted octanol–water partition coefficient (Wildman–Crippen LogP) is 4.49. The minimum Gasteiger partial charge on any atom is -0.382 e. The van der Waals surface area contributed by atoms with Gasteiger partial charge in [0.1, 0.15) is 16.7 Å². The maximum Gasteiger partial charge on any atom is 0.158 e. The summed E-state index contributed by atoms with van der Waals surface area (Å²) < 4.78 is 0. The fourth-order valence-corrected chi connectivity index (χ4v) is 5.96. The minimum atomic E-state index is 0.299. The van der Waals surface area contributed by atoms with Crippen LogP contribution in [0.15, 0.2) is 28.4 Å². The first kappa shape index (κ1) is 19.6. The lowest BCUT2D eigenvalue weighted by Crippen LogP contribution is -2.42. The van der Waals surface area contributed by atoms with Crippen LogP contribution in [-0.2, 0) is 0 Å². The number of hydrogen-bond acceptors (Lipinski definition) is 7. The number of halogens is 1. The summed E-state index contributed by atoms with van der Waals surface area (Å²) in [5, 5.41) is 1.04. The Bertz CT molecular complexity index is 868. The third-order valence-corrected chi connectivity index (χ3v) is 8.06. The quantitative estimate of drug-likeness (QED) is 0.757. The molecule has 28 heavy (non-hydrogen) atoms. The van der Waals surface area contributed by atoms with Gasteiger partial charge in [0.05, 0.1) is 11.2 Å². The van der Waals surface area contributed by atoms with Crippen LogP contribution in [0.25, 0.3) is 0 Å². The lowest BCUT2D eigenvalue weighted by atomic mass is 9.71. The van der Waals surface area contributed by atoms with E-state index >= 15 is 0 Å². The zero-order chi connectivity index (χ0) is 19.9. The molecule has 2 aliphatic rings. The van der Waals surface area contributed by atoms with Crippen LogP contribution in [0.4, 0.5) is 17.5 Å². The number of rotatable bonds is 3. The van der Waals surface area contributed by atoms with Crippen molar-refractivity contribution in [1.82, 2.24) is 15.0 Å². The van der Waals surface area contributed by atoms with Gasteiger partial charge in [-0.15, -0.1) is 0 Å². The van der Waals surface area contributed by atoms with Crippen LogP contribution < -0.4 is 16.4 Å². The SMILES string of the molecule is C[C@@H]1C[C@@H](C)C2(CCN(c3cnc(Sc4ccnc(N)c4Cl)c(N)n3)CC2)C1. The maximum atomic E-state index is 6.22. The van der Waals surface area contributed by atoms with E-state index in [9.17, 15) is 0 Å². The molecule has 1 aliphatic carbocycles. The first-order chi connectivity index (χ1) is 13.4. The lowest BCUT2D eigenvalue weighted by molar-refractivity contribution is 0.159. The number of hydrogen-bond donors (Lipinski definition) is 2. The molecule has 2 aromatic heterocycles. The minimum absolute atomic E-state index is 0.299. The number of aromatic nitrogens is 3. The lowest BCUT2D eigenvalue weighted by Gasteiger charge is -2.42. The molecular formula is C20H27ClN6S. The second-order valence-electron chi connectivity index (χ2n) is 8.32. The average Bonchev–Trinajstić information content (AvgIpc) is 2.94. The highest BCUT2D eigenvalue weighted by atomic mass is 35.5. The fraction of sp³-hybridized carbons (Fsp3) is 0.550. The largest absolute Gasteiger partial charge is 0.382 e. The fourth-order valence-electron chi connectivity index (χ4n) is 4.95. The molecule has 0 bridgehead atoms. The van der Waals surface area contributed by atoms with E-state index in [-0.39, 0.29) is 0 Å². The Labute approximate surface area is 175 Å². The molecule has 8 heteroatoms. The van der Waals surface area contributed by atoms with Crippen molar-refractivity contribution < 1.29 is 0 Å². The van der Waals surface area contributed by atoms with E-state index in [1.165, 1.54) is 37.4 Å². The standard InChI is InChI=1S/C20H27ClN6S/c1-12-9-13(2)20(10-12)4-7-27(8-5-20)15-11-25-19(18(23)26-15)28-14-3-6-24-17(22)16(14)21/h3,6,11-13H,4-5,7-10H2,1-2H3,(H2,22,24)(H2,23,26)/t12-,13-/m1/s1. The van der Waals surface area contributed by atoms with Crippen LogP contribution in [0.1, 0.15) is 39.5 Å². The normalized spacial score (nSPS) is 24.0. The van der Waals surface area contributed by atoms with Gasteiger partial charge in [-0.25, -0.2) is 15.0 Å². The highest BCUT2D eigenvalue weighted by Gasteiger charge is 2.45. The van der Waals surface area contributed by atoms with Gasteiger partial charge in [-0.1, -0.05) is 37.2 Å². The molecule has 1 saturated carbocycles. The molecule has 3 heterocycles. The van der Waals surface area contributed by atoms with Crippen LogP contribution in [-0.4, -0.2) is 28.0 Å². The molecule has 0 aromatic carbocycles. The highest BCUT2D eigenvalue weighted by molar-refractivity contribution is 7.99. The number of pyridine rings is 1. The molecule has 2 aromatic rings. The molecule has 0 unspecified atom stereocenters. The number of anilines is 3. The van der Waals surface area contributed by atoms with Gasteiger partial charge in [0.2, 0.25) is 0 Å². The third-order valence-electron chi connectivity index (χ3n) is 6.48. The van der Waals surface area contributed by atoms with Crippen LogP contribution in [0.2, 0.25) is 5.02 Å². The van der Waals surface area contributed by atoms with Gasteiger partial charge in [0, 0.05) is 24.2 Å². The molecule has 4 rings (SSSR count). The van der Waals surface area contributed by atoms with Crippen LogP contribution in [0.3, 0.4) is 0 Å². The molecule has 2 fully saturated rings. The van der Waals surface area contributed by atoms with Crippen LogP contribution >= 0.6 is 23.4 Å². The van der Waals surface area contributed by atoms with Gasteiger partial charge in [-0.2, -0.15) is 0 Å². The number of nitrogens with zero attached hydrogens (tertiary/aromatic N) is 4. The number of piperidine rings is 1. The van der Waals surface area contributed by atoms with Crippen molar-refractivity contribution in [2.24, 2.45) is 17.3 Å². The molecule has 1 saturated heterocycles. The summed E-state index contributed by atoms with van der Waals surface area (Å²) in [7, 11) is 0. The van der Waals surface area contributed by atoms with Crippen molar-refractivity contribution >= 4 is 40.8 Å². The molecule has 1 spiro atoms. The number of nitrogen functional groups attached to an aromatic ring is 2. The summed E-state index contributed by atoms with van der Waals surface area (Å²) in [5.41, 5.74) is 12.5. The predicted molar refractivity (Wildman–Crippen MR) is 116 cm³/mol. The van der Waals surface area contributed by atoms with Gasteiger partial charge < -0.3 is 16.4 Å². The molecule has 4 N–H and O–H groups in total. The van der Waals surface area contributed by atoms with Crippen LogP contribution in [0, 0.1) is 17.3 Å². The first-order valence-electron chi connectivity index (χ1n) is 9.83.